The Morgan fingerprint density at radius 1 is 0.947 bits per heavy atom. The van der Waals surface area contributed by atoms with Gasteiger partial charge in [-0.3, -0.25) is 15.1 Å². The third-order valence-electron chi connectivity index (χ3n) is 5.96. The van der Waals surface area contributed by atoms with Crippen LogP contribution in [0.1, 0.15) is 70.4 Å². The minimum absolute atomic E-state index is 0.0407. The second-order valence-electron chi connectivity index (χ2n) is 9.16. The molecule has 0 saturated carbocycles. The van der Waals surface area contributed by atoms with Crippen molar-refractivity contribution >= 4 is 23.6 Å². The molecule has 0 aliphatic carbocycles. The molecule has 1 unspecified atom stereocenters. The largest absolute Gasteiger partial charge is 0.479 e. The second-order valence-corrected chi connectivity index (χ2v) is 9.16. The molecular weight excluding hydrogens is 482 g/mol. The highest BCUT2D eigenvalue weighted by molar-refractivity contribution is 6.39. The lowest BCUT2D eigenvalue weighted by Crippen LogP contribution is -2.46. The molecule has 0 spiro atoms. The Morgan fingerprint density at radius 2 is 1.68 bits per heavy atom. The smallest absolute Gasteiger partial charge is 0.347 e. The zero-order chi connectivity index (χ0) is 27.8. The third kappa shape index (κ3) is 10.7. The summed E-state index contributed by atoms with van der Waals surface area (Å²) in [5.74, 6) is -0.392. The molecule has 0 aliphatic heterocycles. The van der Waals surface area contributed by atoms with Gasteiger partial charge in [0.15, 0.2) is 6.10 Å². The van der Waals surface area contributed by atoms with Gasteiger partial charge in [0.05, 0.1) is 18.9 Å². The van der Waals surface area contributed by atoms with E-state index in [1.54, 1.807) is 19.9 Å². The van der Waals surface area contributed by atoms with E-state index in [2.05, 4.69) is 12.2 Å². The number of amides is 3. The van der Waals surface area contributed by atoms with Crippen LogP contribution in [-0.4, -0.2) is 47.8 Å². The number of carbonyl (C=O) groups is 3. The van der Waals surface area contributed by atoms with Crippen LogP contribution in [0.2, 0.25) is 0 Å². The number of aryl methyl sites for hydroxylation is 1. The number of urea groups is 1. The molecule has 2 aromatic carbocycles. The standard InChI is InChI=1S/C30H41N3O5/c1-4-6-7-11-19-27(31)28(34)33(22-25-14-9-8-10-15-25)30(36)32-20-13-17-24-16-12-18-26(21-24)38-23(3)29(35)37-5-2/h8-10,12,14-16,18,21,23,31H,4-7,11,13,17,19-20,22H2,1-3H3,(H,32,36). The number of benzene rings is 2. The van der Waals surface area contributed by atoms with E-state index in [4.69, 9.17) is 14.9 Å². The van der Waals surface area contributed by atoms with Crippen molar-refractivity contribution < 1.29 is 23.9 Å². The number of rotatable bonds is 16. The Balaban J connectivity index is 1.92. The molecule has 2 aromatic rings. The molecule has 0 bridgehead atoms. The zero-order valence-corrected chi connectivity index (χ0v) is 22.8. The summed E-state index contributed by atoms with van der Waals surface area (Å²) in [6.07, 6.45) is 4.84. The first-order chi connectivity index (χ1) is 18.3. The van der Waals surface area contributed by atoms with Crippen LogP contribution >= 0.6 is 0 Å². The molecule has 8 heteroatoms. The van der Waals surface area contributed by atoms with Crippen molar-refractivity contribution in [3.63, 3.8) is 0 Å². The summed E-state index contributed by atoms with van der Waals surface area (Å²) in [5, 5.41) is 11.1. The molecule has 0 saturated heterocycles. The van der Waals surface area contributed by atoms with Crippen LogP contribution in [0.5, 0.6) is 5.75 Å². The van der Waals surface area contributed by atoms with Crippen LogP contribution in [0.3, 0.4) is 0 Å². The average Bonchev–Trinajstić information content (AvgIpc) is 2.92. The molecule has 3 amide bonds. The molecule has 0 radical (unpaired) electrons. The fourth-order valence-corrected chi connectivity index (χ4v) is 3.87. The summed E-state index contributed by atoms with van der Waals surface area (Å²) < 4.78 is 10.7. The molecular formula is C30H41N3O5. The van der Waals surface area contributed by atoms with Crippen LogP contribution in [0, 0.1) is 5.41 Å². The Labute approximate surface area is 226 Å². The summed E-state index contributed by atoms with van der Waals surface area (Å²) in [7, 11) is 0. The van der Waals surface area contributed by atoms with E-state index in [0.29, 0.717) is 38.2 Å². The molecule has 2 rings (SSSR count). The van der Waals surface area contributed by atoms with Gasteiger partial charge in [0.2, 0.25) is 0 Å². The SMILES string of the molecule is CCCCCCC(=N)C(=O)N(Cc1ccccc1)C(=O)NCCCc1cccc(OC(C)C(=O)OCC)c1. The lowest BCUT2D eigenvalue weighted by Gasteiger charge is -2.22. The summed E-state index contributed by atoms with van der Waals surface area (Å²) in [5.41, 5.74) is 1.78. The maximum Gasteiger partial charge on any atom is 0.347 e. The first kappa shape index (κ1) is 30.5. The topological polar surface area (TPSA) is 109 Å². The number of nitrogens with one attached hydrogen (secondary N) is 2. The quantitative estimate of drug-likeness (QED) is 0.167. The molecule has 206 valence electrons. The number of nitrogens with zero attached hydrogens (tertiary/aromatic N) is 1. The number of hydrogen-bond donors (Lipinski definition) is 2. The van der Waals surface area contributed by atoms with Gasteiger partial charge in [0.25, 0.3) is 5.91 Å². The van der Waals surface area contributed by atoms with Crippen LogP contribution in [0.15, 0.2) is 54.6 Å². The fourth-order valence-electron chi connectivity index (χ4n) is 3.87. The van der Waals surface area contributed by atoms with Crippen LogP contribution in [0.25, 0.3) is 0 Å². The van der Waals surface area contributed by atoms with E-state index in [1.807, 2.05) is 48.5 Å². The highest BCUT2D eigenvalue weighted by Gasteiger charge is 2.24. The number of carbonyl (C=O) groups excluding carboxylic acids is 3. The van der Waals surface area contributed by atoms with Gasteiger partial charge in [-0.15, -0.1) is 0 Å². The number of unbranched alkanes of at least 4 members (excludes halogenated alkanes) is 3. The number of imide groups is 1. The minimum atomic E-state index is -0.706. The molecule has 1 atom stereocenters. The first-order valence-electron chi connectivity index (χ1n) is 13.5. The fraction of sp³-hybridized carbons (Fsp3) is 0.467. The zero-order valence-electron chi connectivity index (χ0n) is 22.8. The van der Waals surface area contributed by atoms with Crippen molar-refractivity contribution in [3.8, 4) is 5.75 Å². The van der Waals surface area contributed by atoms with Crippen LogP contribution in [0.4, 0.5) is 4.79 Å². The van der Waals surface area contributed by atoms with Gasteiger partial charge in [0.1, 0.15) is 5.75 Å². The Bertz CT molecular complexity index is 1040. The monoisotopic (exact) mass is 523 g/mol. The van der Waals surface area contributed by atoms with E-state index < -0.39 is 24.0 Å². The number of hydrogen-bond acceptors (Lipinski definition) is 6. The molecule has 38 heavy (non-hydrogen) atoms. The van der Waals surface area contributed by atoms with E-state index in [1.165, 1.54) is 0 Å². The number of esters is 1. The molecule has 0 fully saturated rings. The molecule has 0 aliphatic rings. The summed E-state index contributed by atoms with van der Waals surface area (Å²) >= 11 is 0. The minimum Gasteiger partial charge on any atom is -0.479 e. The van der Waals surface area contributed by atoms with Gasteiger partial charge in [-0.25, -0.2) is 9.59 Å². The molecule has 0 heterocycles. The lowest BCUT2D eigenvalue weighted by atomic mass is 10.1. The van der Waals surface area contributed by atoms with E-state index in [9.17, 15) is 14.4 Å². The van der Waals surface area contributed by atoms with Gasteiger partial charge in [-0.1, -0.05) is 68.7 Å². The summed E-state index contributed by atoms with van der Waals surface area (Å²) in [4.78, 5) is 39.0. The third-order valence-corrected chi connectivity index (χ3v) is 5.96. The average molecular weight is 524 g/mol. The Hall–Kier alpha value is -3.68. The lowest BCUT2D eigenvalue weighted by molar-refractivity contribution is -0.150. The van der Waals surface area contributed by atoms with Crippen molar-refractivity contribution in [1.82, 2.24) is 10.2 Å². The van der Waals surface area contributed by atoms with Crippen molar-refractivity contribution in [2.45, 2.75) is 78.4 Å². The van der Waals surface area contributed by atoms with Crippen LogP contribution < -0.4 is 10.1 Å². The maximum absolute atomic E-state index is 13.0. The van der Waals surface area contributed by atoms with Gasteiger partial charge < -0.3 is 14.8 Å². The van der Waals surface area contributed by atoms with E-state index in [-0.39, 0.29) is 12.3 Å². The van der Waals surface area contributed by atoms with E-state index >= 15 is 0 Å². The highest BCUT2D eigenvalue weighted by atomic mass is 16.6. The van der Waals surface area contributed by atoms with Crippen LogP contribution in [-0.2, 0) is 27.3 Å². The van der Waals surface area contributed by atoms with Gasteiger partial charge in [-0.2, -0.15) is 0 Å². The van der Waals surface area contributed by atoms with Crippen molar-refractivity contribution in [1.29, 1.82) is 5.41 Å². The van der Waals surface area contributed by atoms with Crippen molar-refractivity contribution in [2.24, 2.45) is 0 Å². The Morgan fingerprint density at radius 3 is 2.39 bits per heavy atom. The van der Waals surface area contributed by atoms with Crippen molar-refractivity contribution in [2.75, 3.05) is 13.2 Å². The molecule has 8 nitrogen and oxygen atoms in total. The maximum atomic E-state index is 13.0. The first-order valence-corrected chi connectivity index (χ1v) is 13.5. The summed E-state index contributed by atoms with van der Waals surface area (Å²) in [6, 6.07) is 16.3. The van der Waals surface area contributed by atoms with E-state index in [0.717, 1.165) is 41.7 Å². The highest BCUT2D eigenvalue weighted by Crippen LogP contribution is 2.17. The molecule has 2 N–H and O–H groups in total. The normalized spacial score (nSPS) is 11.3. The summed E-state index contributed by atoms with van der Waals surface area (Å²) in [6.45, 7) is 6.28. The predicted octanol–water partition coefficient (Wildman–Crippen LogP) is 5.68. The van der Waals surface area contributed by atoms with Crippen molar-refractivity contribution in [3.05, 3.63) is 65.7 Å². The number of ether oxygens (including phenoxy) is 2. The van der Waals surface area contributed by atoms with Gasteiger partial charge >= 0.3 is 12.0 Å². The molecule has 0 aromatic heterocycles. The second kappa shape index (κ2) is 16.9. The van der Waals surface area contributed by atoms with Gasteiger partial charge in [0, 0.05) is 6.54 Å². The van der Waals surface area contributed by atoms with Gasteiger partial charge in [-0.05, 0) is 62.8 Å². The predicted molar refractivity (Wildman–Crippen MR) is 148 cm³/mol. The Kier molecular flexibility index (Phi) is 13.6.